The number of phenolic OH excluding ortho intramolecular Hbond substituents is 1. The highest BCUT2D eigenvalue weighted by molar-refractivity contribution is 14.1. The summed E-state index contributed by atoms with van der Waals surface area (Å²) < 4.78 is 1.76. The molecule has 0 fully saturated rings. The Morgan fingerprint density at radius 2 is 1.81 bits per heavy atom. The minimum absolute atomic E-state index is 0.0918. The molecule has 0 saturated carbocycles. The minimum Gasteiger partial charge on any atom is -0.506 e. The summed E-state index contributed by atoms with van der Waals surface area (Å²) in [5.41, 5.74) is 7.26. The Balaban J connectivity index is 2.72. The van der Waals surface area contributed by atoms with Gasteiger partial charge in [0.05, 0.1) is 7.14 Å². The van der Waals surface area contributed by atoms with Gasteiger partial charge in [0, 0.05) is 6.04 Å². The highest BCUT2D eigenvalue weighted by atomic mass is 127. The van der Waals surface area contributed by atoms with E-state index < -0.39 is 0 Å². The predicted octanol–water partition coefficient (Wildman–Crippen LogP) is 4.18. The average molecular weight is 445 g/mol. The van der Waals surface area contributed by atoms with Gasteiger partial charge >= 0.3 is 0 Å². The van der Waals surface area contributed by atoms with Gasteiger partial charge in [-0.2, -0.15) is 0 Å². The van der Waals surface area contributed by atoms with E-state index in [2.05, 4.69) is 52.1 Å². The first-order chi connectivity index (χ1) is 7.56. The van der Waals surface area contributed by atoms with Crippen LogP contribution in [0.4, 0.5) is 0 Å². The fourth-order valence-corrected chi connectivity index (χ4v) is 3.40. The first-order valence-electron chi connectivity index (χ1n) is 5.49. The molecular formula is C12H17I2NO. The molecule has 0 aliphatic carbocycles. The molecule has 0 aliphatic rings. The maximum absolute atomic E-state index is 9.67. The lowest BCUT2D eigenvalue weighted by Crippen LogP contribution is -2.10. The summed E-state index contributed by atoms with van der Waals surface area (Å²) in [6, 6.07) is 4.05. The van der Waals surface area contributed by atoms with Gasteiger partial charge in [0.25, 0.3) is 0 Å². The molecule has 0 unspecified atom stereocenters. The van der Waals surface area contributed by atoms with Crippen molar-refractivity contribution in [3.05, 3.63) is 24.8 Å². The molecule has 0 amide bonds. The number of benzene rings is 1. The van der Waals surface area contributed by atoms with Gasteiger partial charge in [-0.25, -0.2) is 0 Å². The number of nitrogens with two attached hydrogens (primary N) is 1. The highest BCUT2D eigenvalue weighted by Crippen LogP contribution is 2.30. The van der Waals surface area contributed by atoms with Crippen molar-refractivity contribution in [1.29, 1.82) is 0 Å². The van der Waals surface area contributed by atoms with Crippen LogP contribution in [0.3, 0.4) is 0 Å². The van der Waals surface area contributed by atoms with Crippen molar-refractivity contribution < 1.29 is 5.11 Å². The Labute approximate surface area is 124 Å². The SMILES string of the molecule is CCCCC[C@H](N)c1cc(I)c(O)c(I)c1. The molecule has 0 saturated heterocycles. The van der Waals surface area contributed by atoms with Crippen molar-refractivity contribution >= 4 is 45.2 Å². The molecule has 0 aliphatic heterocycles. The third-order valence-electron chi connectivity index (χ3n) is 2.59. The molecule has 0 bridgehead atoms. The lowest BCUT2D eigenvalue weighted by molar-refractivity contribution is 0.466. The van der Waals surface area contributed by atoms with E-state index in [4.69, 9.17) is 5.73 Å². The topological polar surface area (TPSA) is 46.2 Å². The first-order valence-corrected chi connectivity index (χ1v) is 7.65. The van der Waals surface area contributed by atoms with Gasteiger partial charge in [0.2, 0.25) is 0 Å². The van der Waals surface area contributed by atoms with E-state index in [0.717, 1.165) is 19.1 Å². The Bertz CT molecular complexity index is 332. The third kappa shape index (κ3) is 4.03. The number of aromatic hydroxyl groups is 1. The van der Waals surface area contributed by atoms with Crippen LogP contribution in [0.15, 0.2) is 12.1 Å². The summed E-state index contributed by atoms with van der Waals surface area (Å²) in [5.74, 6) is 0.366. The molecule has 0 aromatic heterocycles. The third-order valence-corrected chi connectivity index (χ3v) is 4.23. The van der Waals surface area contributed by atoms with Crippen LogP contribution in [-0.4, -0.2) is 5.11 Å². The Kier molecular flexibility index (Phi) is 6.35. The summed E-state index contributed by atoms with van der Waals surface area (Å²) >= 11 is 4.29. The molecule has 1 atom stereocenters. The number of unbranched alkanes of at least 4 members (excludes halogenated alkanes) is 2. The lowest BCUT2D eigenvalue weighted by Gasteiger charge is -2.13. The zero-order valence-corrected chi connectivity index (χ0v) is 13.7. The van der Waals surface area contributed by atoms with E-state index in [1.807, 2.05) is 12.1 Å². The Morgan fingerprint density at radius 1 is 1.25 bits per heavy atom. The molecule has 16 heavy (non-hydrogen) atoms. The summed E-state index contributed by atoms with van der Waals surface area (Å²) in [6.07, 6.45) is 4.65. The molecule has 1 aromatic rings. The van der Waals surface area contributed by atoms with Crippen LogP contribution < -0.4 is 5.73 Å². The summed E-state index contributed by atoms with van der Waals surface area (Å²) in [4.78, 5) is 0. The zero-order chi connectivity index (χ0) is 12.1. The van der Waals surface area contributed by atoms with E-state index in [1.165, 1.54) is 19.3 Å². The molecule has 0 heterocycles. The summed E-state index contributed by atoms with van der Waals surface area (Å²) in [7, 11) is 0. The smallest absolute Gasteiger partial charge is 0.142 e. The van der Waals surface area contributed by atoms with Gasteiger partial charge < -0.3 is 10.8 Å². The number of halogens is 2. The van der Waals surface area contributed by atoms with Gasteiger partial charge in [-0.1, -0.05) is 26.2 Å². The van der Waals surface area contributed by atoms with E-state index >= 15 is 0 Å². The second kappa shape index (κ2) is 7.00. The molecular weight excluding hydrogens is 428 g/mol. The molecule has 1 aromatic carbocycles. The molecule has 2 nitrogen and oxygen atoms in total. The van der Waals surface area contributed by atoms with E-state index in [0.29, 0.717) is 5.75 Å². The highest BCUT2D eigenvalue weighted by Gasteiger charge is 2.11. The van der Waals surface area contributed by atoms with E-state index in [9.17, 15) is 5.11 Å². The maximum Gasteiger partial charge on any atom is 0.142 e. The van der Waals surface area contributed by atoms with Crippen LogP contribution in [-0.2, 0) is 0 Å². The van der Waals surface area contributed by atoms with Crippen LogP contribution >= 0.6 is 45.2 Å². The summed E-state index contributed by atoms with van der Waals surface area (Å²) in [5, 5.41) is 9.67. The monoisotopic (exact) mass is 445 g/mol. The molecule has 4 heteroatoms. The fraction of sp³-hybridized carbons (Fsp3) is 0.500. The molecule has 0 spiro atoms. The largest absolute Gasteiger partial charge is 0.506 e. The quantitative estimate of drug-likeness (QED) is 0.528. The van der Waals surface area contributed by atoms with Crippen LogP contribution in [0.5, 0.6) is 5.75 Å². The van der Waals surface area contributed by atoms with Crippen LogP contribution in [0.1, 0.15) is 44.2 Å². The van der Waals surface area contributed by atoms with Crippen molar-refractivity contribution in [2.45, 2.75) is 38.6 Å². The molecule has 90 valence electrons. The maximum atomic E-state index is 9.67. The average Bonchev–Trinajstić information content (AvgIpc) is 2.25. The normalized spacial score (nSPS) is 12.8. The zero-order valence-electron chi connectivity index (χ0n) is 9.34. The van der Waals surface area contributed by atoms with Crippen molar-refractivity contribution in [2.75, 3.05) is 0 Å². The van der Waals surface area contributed by atoms with E-state index in [-0.39, 0.29) is 6.04 Å². The van der Waals surface area contributed by atoms with E-state index in [1.54, 1.807) is 0 Å². The fourth-order valence-electron chi connectivity index (χ4n) is 1.58. The minimum atomic E-state index is 0.0918. The number of hydrogen-bond acceptors (Lipinski definition) is 2. The van der Waals surface area contributed by atoms with Crippen LogP contribution in [0, 0.1) is 7.14 Å². The van der Waals surface area contributed by atoms with Gasteiger partial charge in [-0.05, 0) is 69.3 Å². The van der Waals surface area contributed by atoms with Crippen molar-refractivity contribution in [1.82, 2.24) is 0 Å². The Morgan fingerprint density at radius 3 is 2.31 bits per heavy atom. The second-order valence-corrected chi connectivity index (χ2v) is 6.26. The van der Waals surface area contributed by atoms with Gasteiger partial charge in [-0.3, -0.25) is 0 Å². The number of phenols is 1. The van der Waals surface area contributed by atoms with Gasteiger partial charge in [0.15, 0.2) is 0 Å². The van der Waals surface area contributed by atoms with Crippen LogP contribution in [0.25, 0.3) is 0 Å². The number of hydrogen-bond donors (Lipinski definition) is 2. The predicted molar refractivity (Wildman–Crippen MR) is 84.6 cm³/mol. The molecule has 1 rings (SSSR count). The molecule has 3 N–H and O–H groups in total. The van der Waals surface area contributed by atoms with Crippen molar-refractivity contribution in [3.8, 4) is 5.75 Å². The van der Waals surface area contributed by atoms with Gasteiger partial charge in [-0.15, -0.1) is 0 Å². The first kappa shape index (κ1) is 14.5. The number of rotatable bonds is 5. The van der Waals surface area contributed by atoms with Crippen LogP contribution in [0.2, 0.25) is 0 Å². The Hall–Kier alpha value is 0.440. The van der Waals surface area contributed by atoms with Crippen molar-refractivity contribution in [2.24, 2.45) is 5.73 Å². The standard InChI is InChI=1S/C12H17I2NO/c1-2-3-4-5-11(15)8-6-9(13)12(16)10(14)7-8/h6-7,11,16H,2-5,15H2,1H3/t11-/m0/s1. The van der Waals surface area contributed by atoms with Crippen molar-refractivity contribution in [3.63, 3.8) is 0 Å². The second-order valence-electron chi connectivity index (χ2n) is 3.94. The van der Waals surface area contributed by atoms with Gasteiger partial charge in [0.1, 0.15) is 5.75 Å². The lowest BCUT2D eigenvalue weighted by atomic mass is 10.0. The molecule has 0 radical (unpaired) electrons. The summed E-state index contributed by atoms with van der Waals surface area (Å²) in [6.45, 7) is 2.19.